The van der Waals surface area contributed by atoms with Gasteiger partial charge in [-0.2, -0.15) is 0 Å². The van der Waals surface area contributed by atoms with Crippen molar-refractivity contribution < 1.29 is 0 Å². The van der Waals surface area contributed by atoms with Crippen molar-refractivity contribution in [1.82, 2.24) is 10.3 Å². The second-order valence-corrected chi connectivity index (χ2v) is 2.36. The predicted molar refractivity (Wildman–Crippen MR) is 45.1 cm³/mol. The molecule has 0 saturated carbocycles. The molecule has 0 aliphatic heterocycles. The lowest BCUT2D eigenvalue weighted by Gasteiger charge is -2.12. The number of nitrogens with zero attached hydrogens (tertiary/aromatic N) is 1. The minimum atomic E-state index is 0.226. The summed E-state index contributed by atoms with van der Waals surface area (Å²) in [4.78, 5) is 4.01. The van der Waals surface area contributed by atoms with Crippen molar-refractivity contribution in [3.05, 3.63) is 30.1 Å². The third-order valence-corrected chi connectivity index (χ3v) is 1.67. The predicted octanol–water partition coefficient (Wildman–Crippen LogP) is 0.301. The highest BCUT2D eigenvalue weighted by molar-refractivity contribution is 5.13. The van der Waals surface area contributed by atoms with Gasteiger partial charge in [-0.1, -0.05) is 6.07 Å². The van der Waals surface area contributed by atoms with Gasteiger partial charge in [0.15, 0.2) is 0 Å². The fourth-order valence-corrected chi connectivity index (χ4v) is 1.00. The van der Waals surface area contributed by atoms with E-state index in [0.29, 0.717) is 6.54 Å². The summed E-state index contributed by atoms with van der Waals surface area (Å²) in [6.45, 7) is 0.599. The number of nitrogens with two attached hydrogens (primary N) is 1. The Morgan fingerprint density at radius 1 is 1.73 bits per heavy atom. The lowest BCUT2D eigenvalue weighted by atomic mass is 10.1. The van der Waals surface area contributed by atoms with Gasteiger partial charge in [0.25, 0.3) is 0 Å². The Kier molecular flexibility index (Phi) is 3.01. The molecule has 0 saturated heterocycles. The molecule has 0 bridgehead atoms. The Balaban J connectivity index is 2.74. The molecule has 0 aromatic carbocycles. The van der Waals surface area contributed by atoms with Crippen LogP contribution in [0.3, 0.4) is 0 Å². The van der Waals surface area contributed by atoms with Crippen molar-refractivity contribution in [2.24, 2.45) is 5.73 Å². The molecule has 1 heterocycles. The quantitative estimate of drug-likeness (QED) is 0.653. The fraction of sp³-hybridized carbons (Fsp3) is 0.375. The van der Waals surface area contributed by atoms with Crippen LogP contribution in [0.4, 0.5) is 0 Å². The number of hydrogen-bond acceptors (Lipinski definition) is 3. The molecule has 0 spiro atoms. The Bertz CT molecular complexity index is 194. The third-order valence-electron chi connectivity index (χ3n) is 1.67. The van der Waals surface area contributed by atoms with Crippen LogP contribution in [0.15, 0.2) is 24.5 Å². The van der Waals surface area contributed by atoms with Crippen LogP contribution >= 0.6 is 0 Å². The largest absolute Gasteiger partial charge is 0.329 e. The SMILES string of the molecule is CNC(CN)c1cccnc1. The fourth-order valence-electron chi connectivity index (χ4n) is 1.00. The van der Waals surface area contributed by atoms with Crippen LogP contribution in [-0.2, 0) is 0 Å². The average Bonchev–Trinajstić information content (AvgIpc) is 2.09. The summed E-state index contributed by atoms with van der Waals surface area (Å²) in [5.74, 6) is 0. The summed E-state index contributed by atoms with van der Waals surface area (Å²) in [7, 11) is 1.89. The molecule has 1 rings (SSSR count). The van der Waals surface area contributed by atoms with Crippen molar-refractivity contribution in [1.29, 1.82) is 0 Å². The summed E-state index contributed by atoms with van der Waals surface area (Å²) in [5, 5.41) is 3.10. The van der Waals surface area contributed by atoms with Gasteiger partial charge in [-0.05, 0) is 18.7 Å². The summed E-state index contributed by atoms with van der Waals surface area (Å²) >= 11 is 0. The van der Waals surface area contributed by atoms with Crippen LogP contribution in [0.2, 0.25) is 0 Å². The molecule has 60 valence electrons. The highest BCUT2D eigenvalue weighted by Crippen LogP contribution is 2.07. The van der Waals surface area contributed by atoms with Gasteiger partial charge in [-0.25, -0.2) is 0 Å². The van der Waals surface area contributed by atoms with Gasteiger partial charge < -0.3 is 11.1 Å². The Labute approximate surface area is 66.6 Å². The van der Waals surface area contributed by atoms with E-state index >= 15 is 0 Å². The second kappa shape index (κ2) is 4.05. The van der Waals surface area contributed by atoms with Gasteiger partial charge >= 0.3 is 0 Å². The maximum atomic E-state index is 5.53. The second-order valence-electron chi connectivity index (χ2n) is 2.36. The van der Waals surface area contributed by atoms with Crippen LogP contribution in [0.5, 0.6) is 0 Å². The van der Waals surface area contributed by atoms with Gasteiger partial charge in [0.2, 0.25) is 0 Å². The zero-order valence-corrected chi connectivity index (χ0v) is 6.62. The molecule has 0 aliphatic rings. The number of hydrogen-bond donors (Lipinski definition) is 2. The van der Waals surface area contributed by atoms with E-state index < -0.39 is 0 Å². The van der Waals surface area contributed by atoms with Gasteiger partial charge in [0.1, 0.15) is 0 Å². The van der Waals surface area contributed by atoms with Crippen molar-refractivity contribution in [2.45, 2.75) is 6.04 Å². The maximum Gasteiger partial charge on any atom is 0.0457 e. The molecule has 3 heteroatoms. The van der Waals surface area contributed by atoms with E-state index in [4.69, 9.17) is 5.73 Å². The molecule has 1 atom stereocenters. The molecule has 0 radical (unpaired) electrons. The van der Waals surface area contributed by atoms with E-state index in [-0.39, 0.29) is 6.04 Å². The first-order chi connectivity index (χ1) is 5.38. The first-order valence-electron chi connectivity index (χ1n) is 3.65. The van der Waals surface area contributed by atoms with Gasteiger partial charge in [0, 0.05) is 25.0 Å². The van der Waals surface area contributed by atoms with Crippen molar-refractivity contribution >= 4 is 0 Å². The number of nitrogens with one attached hydrogen (secondary N) is 1. The average molecular weight is 151 g/mol. The van der Waals surface area contributed by atoms with Gasteiger partial charge in [-0.15, -0.1) is 0 Å². The van der Waals surface area contributed by atoms with Crippen LogP contribution in [0.1, 0.15) is 11.6 Å². The summed E-state index contributed by atoms with van der Waals surface area (Å²) < 4.78 is 0. The molecule has 11 heavy (non-hydrogen) atoms. The van der Waals surface area contributed by atoms with Crippen molar-refractivity contribution in [2.75, 3.05) is 13.6 Å². The zero-order valence-electron chi connectivity index (χ0n) is 6.62. The minimum absolute atomic E-state index is 0.226. The van der Waals surface area contributed by atoms with Crippen LogP contribution in [-0.4, -0.2) is 18.6 Å². The van der Waals surface area contributed by atoms with E-state index in [2.05, 4.69) is 10.3 Å². The molecule has 3 N–H and O–H groups in total. The monoisotopic (exact) mass is 151 g/mol. The van der Waals surface area contributed by atoms with Gasteiger partial charge in [0.05, 0.1) is 0 Å². The standard InChI is InChI=1S/C8H13N3/c1-10-8(5-9)7-3-2-4-11-6-7/h2-4,6,8,10H,5,9H2,1H3. The minimum Gasteiger partial charge on any atom is -0.329 e. The zero-order chi connectivity index (χ0) is 8.10. The highest BCUT2D eigenvalue weighted by Gasteiger charge is 2.04. The lowest BCUT2D eigenvalue weighted by Crippen LogP contribution is -2.24. The van der Waals surface area contributed by atoms with E-state index in [1.54, 1.807) is 6.20 Å². The normalized spacial score (nSPS) is 12.9. The van der Waals surface area contributed by atoms with Crippen LogP contribution < -0.4 is 11.1 Å². The van der Waals surface area contributed by atoms with E-state index in [1.165, 1.54) is 0 Å². The molecule has 3 nitrogen and oxygen atoms in total. The van der Waals surface area contributed by atoms with Crippen LogP contribution in [0.25, 0.3) is 0 Å². The molecule has 0 fully saturated rings. The Morgan fingerprint density at radius 3 is 3.00 bits per heavy atom. The smallest absolute Gasteiger partial charge is 0.0457 e. The number of likely N-dealkylation sites (N-methyl/N-ethyl adjacent to an activating group) is 1. The topological polar surface area (TPSA) is 50.9 Å². The lowest BCUT2D eigenvalue weighted by molar-refractivity contribution is 0.603. The Morgan fingerprint density at radius 2 is 2.55 bits per heavy atom. The molecule has 1 aromatic rings. The summed E-state index contributed by atoms with van der Waals surface area (Å²) in [6, 6.07) is 4.15. The molecule has 0 aliphatic carbocycles. The molecule has 1 aromatic heterocycles. The first kappa shape index (κ1) is 8.17. The van der Waals surface area contributed by atoms with E-state index in [1.807, 2.05) is 25.4 Å². The highest BCUT2D eigenvalue weighted by atomic mass is 14.9. The Hall–Kier alpha value is -0.930. The van der Waals surface area contributed by atoms with E-state index in [0.717, 1.165) is 5.56 Å². The van der Waals surface area contributed by atoms with Crippen LogP contribution in [0, 0.1) is 0 Å². The molecular weight excluding hydrogens is 138 g/mol. The van der Waals surface area contributed by atoms with E-state index in [9.17, 15) is 0 Å². The van der Waals surface area contributed by atoms with Crippen molar-refractivity contribution in [3.63, 3.8) is 0 Å². The number of rotatable bonds is 3. The van der Waals surface area contributed by atoms with Gasteiger partial charge in [-0.3, -0.25) is 4.98 Å². The number of aromatic nitrogens is 1. The molecule has 1 unspecified atom stereocenters. The summed E-state index contributed by atoms with van der Waals surface area (Å²) in [5.41, 5.74) is 6.66. The number of pyridine rings is 1. The molecule has 0 amide bonds. The third kappa shape index (κ3) is 2.00. The summed E-state index contributed by atoms with van der Waals surface area (Å²) in [6.07, 6.45) is 3.58. The maximum absolute atomic E-state index is 5.53. The molecular formula is C8H13N3. The van der Waals surface area contributed by atoms with Crippen molar-refractivity contribution in [3.8, 4) is 0 Å². The first-order valence-corrected chi connectivity index (χ1v) is 3.65.